The van der Waals surface area contributed by atoms with Crippen molar-refractivity contribution in [3.05, 3.63) is 29.8 Å². The molecule has 5 nitrogen and oxygen atoms in total. The minimum atomic E-state index is -0.396. The first-order chi connectivity index (χ1) is 8.54. The lowest BCUT2D eigenvalue weighted by atomic mass is 10.1. The summed E-state index contributed by atoms with van der Waals surface area (Å²) in [5.74, 6) is -0.248. The van der Waals surface area contributed by atoms with Crippen molar-refractivity contribution >= 4 is 17.7 Å². The molecule has 0 aromatic heterocycles. The Morgan fingerprint density at radius 3 is 2.56 bits per heavy atom. The number of hydrogen-bond donors (Lipinski definition) is 0. The molecule has 0 aliphatic carbocycles. The second kappa shape index (κ2) is 5.00. The van der Waals surface area contributed by atoms with Gasteiger partial charge in [0.25, 0.3) is 0 Å². The summed E-state index contributed by atoms with van der Waals surface area (Å²) in [7, 11) is 0. The molecule has 0 bridgehead atoms. The molecule has 0 amide bonds. The van der Waals surface area contributed by atoms with Gasteiger partial charge in [0.05, 0.1) is 0 Å². The van der Waals surface area contributed by atoms with Gasteiger partial charge in [-0.05, 0) is 24.6 Å². The third kappa shape index (κ3) is 2.94. The number of aliphatic imine (C=N–C) groups is 1. The monoisotopic (exact) mass is 247 g/mol. The molecule has 0 fully saturated rings. The van der Waals surface area contributed by atoms with E-state index in [9.17, 15) is 9.59 Å². The molecule has 0 saturated carbocycles. The first-order valence-electron chi connectivity index (χ1n) is 5.59. The molecule has 0 N–H and O–H groups in total. The summed E-state index contributed by atoms with van der Waals surface area (Å²) >= 11 is 0. The Bertz CT molecular complexity index is 504. The Balaban J connectivity index is 2.05. The maximum atomic E-state index is 11.4. The highest BCUT2D eigenvalue weighted by molar-refractivity contribution is 6.38. The van der Waals surface area contributed by atoms with Gasteiger partial charge in [0.15, 0.2) is 6.23 Å². The molecule has 18 heavy (non-hydrogen) atoms. The van der Waals surface area contributed by atoms with Gasteiger partial charge in [-0.15, -0.1) is 0 Å². The van der Waals surface area contributed by atoms with Gasteiger partial charge in [0, 0.05) is 13.3 Å². The molecule has 94 valence electrons. The van der Waals surface area contributed by atoms with Gasteiger partial charge in [-0.3, -0.25) is 4.79 Å². The van der Waals surface area contributed by atoms with Gasteiger partial charge in [0.1, 0.15) is 11.5 Å². The zero-order chi connectivity index (χ0) is 13.1. The van der Waals surface area contributed by atoms with Gasteiger partial charge in [0.2, 0.25) is 0 Å². The van der Waals surface area contributed by atoms with Crippen LogP contribution in [-0.4, -0.2) is 23.9 Å². The second-order valence-electron chi connectivity index (χ2n) is 3.99. The van der Waals surface area contributed by atoms with Crippen LogP contribution in [0.3, 0.4) is 0 Å². The molecular weight excluding hydrogens is 234 g/mol. The lowest BCUT2D eigenvalue weighted by Crippen LogP contribution is -2.13. The molecular formula is C13H13NO4. The molecule has 1 heterocycles. The fourth-order valence-corrected chi connectivity index (χ4v) is 1.67. The van der Waals surface area contributed by atoms with Crippen LogP contribution in [0.4, 0.5) is 0 Å². The highest BCUT2D eigenvalue weighted by atomic mass is 16.6. The van der Waals surface area contributed by atoms with Gasteiger partial charge < -0.3 is 9.47 Å². The molecule has 0 radical (unpaired) electrons. The minimum absolute atomic E-state index is 0.361. The van der Waals surface area contributed by atoms with E-state index < -0.39 is 6.23 Å². The Labute approximate surface area is 104 Å². The highest BCUT2D eigenvalue weighted by Gasteiger charge is 2.23. The third-order valence-corrected chi connectivity index (χ3v) is 2.41. The average molecular weight is 247 g/mol. The molecule has 1 unspecified atom stereocenters. The van der Waals surface area contributed by atoms with E-state index in [0.717, 1.165) is 5.56 Å². The normalized spacial score (nSPS) is 18.2. The van der Waals surface area contributed by atoms with E-state index in [2.05, 4.69) is 4.99 Å². The number of esters is 2. The van der Waals surface area contributed by atoms with Gasteiger partial charge in [-0.1, -0.05) is 12.1 Å². The van der Waals surface area contributed by atoms with Gasteiger partial charge >= 0.3 is 11.9 Å². The molecule has 1 aliphatic rings. The summed E-state index contributed by atoms with van der Waals surface area (Å²) in [5.41, 5.74) is 1.33. The maximum absolute atomic E-state index is 11.4. The van der Waals surface area contributed by atoms with Crippen LogP contribution in [0.15, 0.2) is 29.3 Å². The predicted molar refractivity (Wildman–Crippen MR) is 64.4 cm³/mol. The Morgan fingerprint density at radius 1 is 1.39 bits per heavy atom. The maximum Gasteiger partial charge on any atom is 0.354 e. The van der Waals surface area contributed by atoms with Crippen LogP contribution in [0.1, 0.15) is 19.4 Å². The number of cyclic esters (lactones) is 1. The van der Waals surface area contributed by atoms with Crippen molar-refractivity contribution < 1.29 is 19.1 Å². The van der Waals surface area contributed by atoms with Crippen LogP contribution in [-0.2, 0) is 20.7 Å². The standard InChI is InChI=1S/C13H13NO4/c1-8-14-12(13(16)17-8)7-10-3-5-11(6-4-10)18-9(2)15/h3-6,8H,7H2,1-2H3. The summed E-state index contributed by atoms with van der Waals surface area (Å²) in [6, 6.07) is 6.94. The lowest BCUT2D eigenvalue weighted by molar-refractivity contribution is -0.137. The Kier molecular flexibility index (Phi) is 3.41. The third-order valence-electron chi connectivity index (χ3n) is 2.41. The van der Waals surface area contributed by atoms with Crippen molar-refractivity contribution in [2.75, 3.05) is 0 Å². The first kappa shape index (κ1) is 12.3. The quantitative estimate of drug-likeness (QED) is 0.599. The zero-order valence-electron chi connectivity index (χ0n) is 10.2. The number of nitrogens with zero attached hydrogens (tertiary/aromatic N) is 1. The molecule has 0 saturated heterocycles. The Hall–Kier alpha value is -2.17. The molecule has 1 atom stereocenters. The van der Waals surface area contributed by atoms with Crippen molar-refractivity contribution in [2.45, 2.75) is 26.5 Å². The minimum Gasteiger partial charge on any atom is -0.436 e. The van der Waals surface area contributed by atoms with Crippen molar-refractivity contribution in [1.29, 1.82) is 0 Å². The molecule has 1 aromatic carbocycles. The van der Waals surface area contributed by atoms with Crippen LogP contribution < -0.4 is 4.74 Å². The molecule has 1 aromatic rings. The van der Waals surface area contributed by atoms with Crippen molar-refractivity contribution in [3.63, 3.8) is 0 Å². The molecule has 2 rings (SSSR count). The van der Waals surface area contributed by atoms with E-state index in [-0.39, 0.29) is 11.9 Å². The number of hydrogen-bond acceptors (Lipinski definition) is 5. The highest BCUT2D eigenvalue weighted by Crippen LogP contribution is 2.15. The molecule has 0 spiro atoms. The summed E-state index contributed by atoms with van der Waals surface area (Å²) in [6.45, 7) is 3.06. The van der Waals surface area contributed by atoms with E-state index in [4.69, 9.17) is 9.47 Å². The van der Waals surface area contributed by atoms with E-state index in [1.807, 2.05) is 0 Å². The molecule has 5 heteroatoms. The van der Waals surface area contributed by atoms with E-state index in [1.165, 1.54) is 6.92 Å². The summed E-state index contributed by atoms with van der Waals surface area (Å²) in [5, 5.41) is 0. The van der Waals surface area contributed by atoms with Crippen LogP contribution in [0.25, 0.3) is 0 Å². The SMILES string of the molecule is CC(=O)Oc1ccc(CC2=NC(C)OC2=O)cc1. The van der Waals surface area contributed by atoms with E-state index in [1.54, 1.807) is 31.2 Å². The summed E-state index contributed by atoms with van der Waals surface area (Å²) < 4.78 is 9.83. The molecule has 1 aliphatic heterocycles. The number of ether oxygens (including phenoxy) is 2. The number of benzene rings is 1. The average Bonchev–Trinajstić information content (AvgIpc) is 2.59. The summed E-state index contributed by atoms with van der Waals surface area (Å²) in [6.07, 6.45) is 0.0246. The first-order valence-corrected chi connectivity index (χ1v) is 5.59. The lowest BCUT2D eigenvalue weighted by Gasteiger charge is -2.03. The number of carbonyl (C=O) groups is 2. The van der Waals surface area contributed by atoms with Crippen LogP contribution in [0.2, 0.25) is 0 Å². The van der Waals surface area contributed by atoms with Gasteiger partial charge in [-0.2, -0.15) is 0 Å². The van der Waals surface area contributed by atoms with Crippen LogP contribution >= 0.6 is 0 Å². The van der Waals surface area contributed by atoms with Crippen molar-refractivity contribution in [2.24, 2.45) is 4.99 Å². The smallest absolute Gasteiger partial charge is 0.354 e. The fraction of sp³-hybridized carbons (Fsp3) is 0.308. The second-order valence-corrected chi connectivity index (χ2v) is 3.99. The van der Waals surface area contributed by atoms with E-state index in [0.29, 0.717) is 17.9 Å². The Morgan fingerprint density at radius 2 is 2.06 bits per heavy atom. The fourth-order valence-electron chi connectivity index (χ4n) is 1.67. The predicted octanol–water partition coefficient (Wildman–Crippen LogP) is 1.50. The van der Waals surface area contributed by atoms with Gasteiger partial charge in [-0.25, -0.2) is 9.79 Å². The topological polar surface area (TPSA) is 65.0 Å². The van der Waals surface area contributed by atoms with Crippen LogP contribution in [0.5, 0.6) is 5.75 Å². The van der Waals surface area contributed by atoms with Crippen LogP contribution in [0, 0.1) is 0 Å². The van der Waals surface area contributed by atoms with E-state index >= 15 is 0 Å². The summed E-state index contributed by atoms with van der Waals surface area (Å²) in [4.78, 5) is 26.2. The zero-order valence-corrected chi connectivity index (χ0v) is 10.2. The van der Waals surface area contributed by atoms with Crippen molar-refractivity contribution in [3.8, 4) is 5.75 Å². The number of rotatable bonds is 3. The number of carbonyl (C=O) groups excluding carboxylic acids is 2. The largest absolute Gasteiger partial charge is 0.436 e. The van der Waals surface area contributed by atoms with Crippen molar-refractivity contribution in [1.82, 2.24) is 0 Å².